The zero-order valence-electron chi connectivity index (χ0n) is 21.2. The second-order valence-electron chi connectivity index (χ2n) is 9.24. The van der Waals surface area contributed by atoms with Gasteiger partial charge in [0, 0.05) is 37.1 Å². The molecule has 9 heteroatoms. The number of carbonyl (C=O) groups is 2. The Morgan fingerprint density at radius 2 is 1.66 bits per heavy atom. The number of ether oxygens (including phenoxy) is 1. The number of anilines is 1. The fourth-order valence-electron chi connectivity index (χ4n) is 4.40. The van der Waals surface area contributed by atoms with Gasteiger partial charge in [0.25, 0.3) is 0 Å². The van der Waals surface area contributed by atoms with Crippen LogP contribution >= 0.6 is 0 Å². The summed E-state index contributed by atoms with van der Waals surface area (Å²) in [6, 6.07) is 21.8. The van der Waals surface area contributed by atoms with Gasteiger partial charge in [-0.3, -0.25) is 9.59 Å². The summed E-state index contributed by atoms with van der Waals surface area (Å²) < 4.78 is 18.8. The summed E-state index contributed by atoms with van der Waals surface area (Å²) in [5.74, 6) is 0.181. The number of amides is 2. The van der Waals surface area contributed by atoms with Crippen molar-refractivity contribution < 1.29 is 18.7 Å². The summed E-state index contributed by atoms with van der Waals surface area (Å²) in [4.78, 5) is 27.9. The second kappa shape index (κ2) is 12.9. The van der Waals surface area contributed by atoms with Crippen LogP contribution < -0.4 is 20.7 Å². The highest BCUT2D eigenvalue weighted by Gasteiger charge is 2.39. The predicted octanol–water partition coefficient (Wildman–Crippen LogP) is 3.95. The molecule has 4 rings (SSSR count). The molecule has 8 nitrogen and oxygen atoms in total. The van der Waals surface area contributed by atoms with Crippen LogP contribution in [0.25, 0.3) is 0 Å². The third-order valence-electron chi connectivity index (χ3n) is 6.29. The van der Waals surface area contributed by atoms with Gasteiger partial charge in [-0.2, -0.15) is 0 Å². The first-order valence-electron chi connectivity index (χ1n) is 12.5. The molecule has 0 spiro atoms. The maximum absolute atomic E-state index is 13.3. The molecule has 4 N–H and O–H groups in total. The minimum atomic E-state index is -0.659. The van der Waals surface area contributed by atoms with E-state index in [1.807, 2.05) is 30.3 Å². The van der Waals surface area contributed by atoms with Gasteiger partial charge in [-0.05, 0) is 67.6 Å². The largest absolute Gasteiger partial charge is 0.457 e. The molecule has 0 aliphatic carbocycles. The molecule has 0 radical (unpaired) electrons. The molecule has 1 heterocycles. The van der Waals surface area contributed by atoms with Crippen LogP contribution in [0.4, 0.5) is 10.1 Å². The molecule has 0 bridgehead atoms. The van der Waals surface area contributed by atoms with Crippen molar-refractivity contribution in [3.05, 3.63) is 90.2 Å². The van der Waals surface area contributed by atoms with Crippen molar-refractivity contribution in [3.8, 4) is 11.5 Å². The van der Waals surface area contributed by atoms with E-state index in [0.717, 1.165) is 5.56 Å². The van der Waals surface area contributed by atoms with Gasteiger partial charge >= 0.3 is 0 Å². The number of halogens is 1. The van der Waals surface area contributed by atoms with E-state index in [4.69, 9.17) is 10.1 Å². The number of nitrogens with one attached hydrogen (secondary N) is 4. The van der Waals surface area contributed by atoms with Crippen molar-refractivity contribution >= 4 is 23.2 Å². The number of benzene rings is 3. The third-order valence-corrected chi connectivity index (χ3v) is 6.29. The average molecular weight is 518 g/mol. The zero-order chi connectivity index (χ0) is 26.9. The standard InChI is InChI=1S/C29H32FN5O3/c1-32-18-22(31)15-28(36)35-19-24(33-17-20-5-3-2-4-6-20)16-27(35)29(37)34-23-9-13-26(14-10-23)38-25-11-7-21(30)8-12-25/h2-14,24,27,31-33H,15-19H2,1H3,(H,34,37). The number of nitrogens with zero attached hydrogens (tertiary/aromatic N) is 1. The minimum absolute atomic E-state index is 0.0363. The minimum Gasteiger partial charge on any atom is -0.457 e. The molecule has 0 saturated carbocycles. The molecular formula is C29H32FN5O3. The Hall–Kier alpha value is -4.08. The van der Waals surface area contributed by atoms with Crippen molar-refractivity contribution in [2.75, 3.05) is 25.5 Å². The Morgan fingerprint density at radius 1 is 1.00 bits per heavy atom. The van der Waals surface area contributed by atoms with E-state index in [2.05, 4.69) is 16.0 Å². The first-order valence-corrected chi connectivity index (χ1v) is 12.5. The zero-order valence-corrected chi connectivity index (χ0v) is 21.2. The summed E-state index contributed by atoms with van der Waals surface area (Å²) >= 11 is 0. The maximum atomic E-state index is 13.3. The quantitative estimate of drug-likeness (QED) is 0.288. The molecule has 1 fully saturated rings. The van der Waals surface area contributed by atoms with Crippen LogP contribution in [0, 0.1) is 11.2 Å². The molecule has 3 aromatic rings. The van der Waals surface area contributed by atoms with Gasteiger partial charge in [0.15, 0.2) is 0 Å². The first-order chi connectivity index (χ1) is 18.4. The van der Waals surface area contributed by atoms with Crippen molar-refractivity contribution in [2.45, 2.75) is 31.5 Å². The van der Waals surface area contributed by atoms with Crippen LogP contribution in [-0.2, 0) is 16.1 Å². The van der Waals surface area contributed by atoms with Crippen molar-refractivity contribution in [3.63, 3.8) is 0 Å². The highest BCUT2D eigenvalue weighted by atomic mass is 19.1. The van der Waals surface area contributed by atoms with E-state index in [1.165, 1.54) is 24.3 Å². The average Bonchev–Trinajstić information content (AvgIpc) is 3.35. The van der Waals surface area contributed by atoms with Crippen molar-refractivity contribution in [2.24, 2.45) is 0 Å². The number of carbonyl (C=O) groups excluding carboxylic acids is 2. The van der Waals surface area contributed by atoms with Crippen molar-refractivity contribution in [1.29, 1.82) is 5.41 Å². The smallest absolute Gasteiger partial charge is 0.247 e. The SMILES string of the molecule is CNCC(=N)CC(=O)N1CC(NCc2ccccc2)CC1C(=O)Nc1ccc(Oc2ccc(F)cc2)cc1. The molecule has 2 unspecified atom stereocenters. The molecule has 2 amide bonds. The summed E-state index contributed by atoms with van der Waals surface area (Å²) in [6.07, 6.45) is 0.432. The Balaban J connectivity index is 1.40. The lowest BCUT2D eigenvalue weighted by atomic mass is 10.1. The molecule has 38 heavy (non-hydrogen) atoms. The lowest BCUT2D eigenvalue weighted by Crippen LogP contribution is -2.44. The summed E-state index contributed by atoms with van der Waals surface area (Å²) in [5, 5.41) is 17.3. The maximum Gasteiger partial charge on any atom is 0.247 e. The van der Waals surface area contributed by atoms with Crippen LogP contribution in [0.1, 0.15) is 18.4 Å². The number of likely N-dealkylation sites (tertiary alicyclic amines) is 1. The number of hydrogen-bond donors (Lipinski definition) is 4. The topological polar surface area (TPSA) is 107 Å². The molecule has 2 atom stereocenters. The van der Waals surface area contributed by atoms with E-state index in [1.54, 1.807) is 36.2 Å². The van der Waals surface area contributed by atoms with Gasteiger partial charge in [0.1, 0.15) is 23.4 Å². The van der Waals surface area contributed by atoms with Gasteiger partial charge < -0.3 is 31.0 Å². The predicted molar refractivity (Wildman–Crippen MR) is 145 cm³/mol. The Bertz CT molecular complexity index is 1240. The molecule has 198 valence electrons. The molecule has 3 aromatic carbocycles. The van der Waals surface area contributed by atoms with Gasteiger partial charge in [-0.1, -0.05) is 30.3 Å². The third kappa shape index (κ3) is 7.47. The monoisotopic (exact) mass is 517 g/mol. The van der Waals surface area contributed by atoms with Gasteiger partial charge in [0.05, 0.1) is 6.42 Å². The highest BCUT2D eigenvalue weighted by molar-refractivity contribution is 6.03. The molecule has 1 aliphatic rings. The first kappa shape index (κ1) is 27.0. The highest BCUT2D eigenvalue weighted by Crippen LogP contribution is 2.25. The van der Waals surface area contributed by atoms with E-state index in [-0.39, 0.29) is 35.8 Å². The summed E-state index contributed by atoms with van der Waals surface area (Å²) in [5.41, 5.74) is 1.96. The van der Waals surface area contributed by atoms with E-state index in [9.17, 15) is 14.0 Å². The number of hydrogen-bond acceptors (Lipinski definition) is 6. The normalized spacial score (nSPS) is 16.7. The molecule has 1 aliphatic heterocycles. The number of rotatable bonds is 11. The molecule has 1 saturated heterocycles. The van der Waals surface area contributed by atoms with Gasteiger partial charge in [0.2, 0.25) is 11.8 Å². The fraction of sp³-hybridized carbons (Fsp3) is 0.276. The van der Waals surface area contributed by atoms with Crippen LogP contribution in [0.2, 0.25) is 0 Å². The lowest BCUT2D eigenvalue weighted by molar-refractivity contribution is -0.135. The fourth-order valence-corrected chi connectivity index (χ4v) is 4.40. The van der Waals surface area contributed by atoms with Crippen LogP contribution in [0.3, 0.4) is 0 Å². The second-order valence-corrected chi connectivity index (χ2v) is 9.24. The lowest BCUT2D eigenvalue weighted by Gasteiger charge is -2.24. The molecule has 0 aromatic heterocycles. The Labute approximate surface area is 221 Å². The summed E-state index contributed by atoms with van der Waals surface area (Å²) in [7, 11) is 1.73. The van der Waals surface area contributed by atoms with Gasteiger partial charge in [-0.15, -0.1) is 0 Å². The van der Waals surface area contributed by atoms with Crippen LogP contribution in [0.5, 0.6) is 11.5 Å². The van der Waals surface area contributed by atoms with E-state index in [0.29, 0.717) is 43.2 Å². The van der Waals surface area contributed by atoms with Crippen molar-refractivity contribution in [1.82, 2.24) is 15.5 Å². The molecular weight excluding hydrogens is 485 g/mol. The van der Waals surface area contributed by atoms with E-state index >= 15 is 0 Å². The van der Waals surface area contributed by atoms with Gasteiger partial charge in [-0.25, -0.2) is 4.39 Å². The Morgan fingerprint density at radius 3 is 2.32 bits per heavy atom. The Kier molecular flexibility index (Phi) is 9.18. The van der Waals surface area contributed by atoms with E-state index < -0.39 is 6.04 Å². The van der Waals surface area contributed by atoms with Crippen LogP contribution in [0.15, 0.2) is 78.9 Å². The summed E-state index contributed by atoms with van der Waals surface area (Å²) in [6.45, 7) is 1.34. The van der Waals surface area contributed by atoms with Crippen LogP contribution in [-0.4, -0.2) is 54.6 Å².